The maximum Gasteiger partial charge on any atom is 0.125 e. The number of ether oxygens (including phenoxy) is 2. The van der Waals surface area contributed by atoms with E-state index in [2.05, 4.69) is 31.7 Å². The van der Waals surface area contributed by atoms with Gasteiger partial charge in [0.15, 0.2) is 0 Å². The minimum Gasteiger partial charge on any atom is -0.490 e. The third kappa shape index (κ3) is 3.83. The van der Waals surface area contributed by atoms with Crippen LogP contribution in [0.1, 0.15) is 33.6 Å². The van der Waals surface area contributed by atoms with Gasteiger partial charge >= 0.3 is 0 Å². The summed E-state index contributed by atoms with van der Waals surface area (Å²) in [7, 11) is 4.05. The Kier molecular flexibility index (Phi) is 3.42. The van der Waals surface area contributed by atoms with Gasteiger partial charge in [0.25, 0.3) is 0 Å². The Labute approximate surface area is 110 Å². The van der Waals surface area contributed by atoms with Crippen molar-refractivity contribution in [2.24, 2.45) is 0 Å². The van der Waals surface area contributed by atoms with Crippen molar-refractivity contribution >= 4 is 5.69 Å². The molecule has 0 amide bonds. The standard InChI is InChI=1S/C15H23NO2/c1-15(2,3)18-14-9-11(16(4)5)8-13(10-14)17-12-6-7-12/h8-10,12H,6-7H2,1-5H3. The molecule has 0 aromatic heterocycles. The first kappa shape index (κ1) is 13.1. The molecule has 0 heterocycles. The van der Waals surface area contributed by atoms with Crippen LogP contribution >= 0.6 is 0 Å². The average molecular weight is 249 g/mol. The van der Waals surface area contributed by atoms with Gasteiger partial charge in [0.05, 0.1) is 6.10 Å². The van der Waals surface area contributed by atoms with Crippen molar-refractivity contribution < 1.29 is 9.47 Å². The maximum atomic E-state index is 5.93. The van der Waals surface area contributed by atoms with Crippen molar-refractivity contribution in [2.45, 2.75) is 45.3 Å². The van der Waals surface area contributed by atoms with Gasteiger partial charge in [0, 0.05) is 38.0 Å². The third-order valence-electron chi connectivity index (χ3n) is 2.63. The van der Waals surface area contributed by atoms with Crippen LogP contribution < -0.4 is 14.4 Å². The average Bonchev–Trinajstić information content (AvgIpc) is 2.98. The van der Waals surface area contributed by atoms with Gasteiger partial charge in [-0.25, -0.2) is 0 Å². The summed E-state index contributed by atoms with van der Waals surface area (Å²) >= 11 is 0. The van der Waals surface area contributed by atoms with Crippen LogP contribution in [0, 0.1) is 0 Å². The maximum absolute atomic E-state index is 5.93. The van der Waals surface area contributed by atoms with Crippen LogP contribution in [-0.2, 0) is 0 Å². The highest BCUT2D eigenvalue weighted by Crippen LogP contribution is 2.33. The summed E-state index contributed by atoms with van der Waals surface area (Å²) < 4.78 is 11.8. The normalized spacial score (nSPS) is 15.4. The Morgan fingerprint density at radius 1 is 1.06 bits per heavy atom. The molecule has 1 fully saturated rings. The molecule has 3 nitrogen and oxygen atoms in total. The summed E-state index contributed by atoms with van der Waals surface area (Å²) in [5, 5.41) is 0. The molecule has 1 aliphatic carbocycles. The molecule has 0 atom stereocenters. The zero-order valence-corrected chi connectivity index (χ0v) is 12.0. The van der Waals surface area contributed by atoms with Crippen LogP contribution in [0.2, 0.25) is 0 Å². The molecule has 0 radical (unpaired) electrons. The largest absolute Gasteiger partial charge is 0.490 e. The van der Waals surface area contributed by atoms with Crippen molar-refractivity contribution in [2.75, 3.05) is 19.0 Å². The molecule has 0 saturated heterocycles. The van der Waals surface area contributed by atoms with Crippen molar-refractivity contribution in [1.82, 2.24) is 0 Å². The highest BCUT2D eigenvalue weighted by Gasteiger charge is 2.24. The molecule has 3 heteroatoms. The smallest absolute Gasteiger partial charge is 0.125 e. The van der Waals surface area contributed by atoms with Gasteiger partial charge in [-0.15, -0.1) is 0 Å². The summed E-state index contributed by atoms with van der Waals surface area (Å²) in [6.45, 7) is 6.16. The molecule has 0 N–H and O–H groups in total. The zero-order valence-electron chi connectivity index (χ0n) is 12.0. The van der Waals surface area contributed by atoms with Crippen LogP contribution in [-0.4, -0.2) is 25.8 Å². The molecule has 1 saturated carbocycles. The molecular formula is C15H23NO2. The summed E-state index contributed by atoms with van der Waals surface area (Å²) in [5.41, 5.74) is 0.911. The van der Waals surface area contributed by atoms with Gasteiger partial charge in [-0.1, -0.05) is 0 Å². The van der Waals surface area contributed by atoms with Crippen molar-refractivity contribution in [3.05, 3.63) is 18.2 Å². The van der Waals surface area contributed by atoms with E-state index in [0.29, 0.717) is 6.10 Å². The molecule has 0 aliphatic heterocycles. The lowest BCUT2D eigenvalue weighted by Crippen LogP contribution is -2.23. The quantitative estimate of drug-likeness (QED) is 0.815. The summed E-state index contributed by atoms with van der Waals surface area (Å²) in [6.07, 6.45) is 2.74. The number of hydrogen-bond acceptors (Lipinski definition) is 3. The van der Waals surface area contributed by atoms with Crippen LogP contribution in [0.5, 0.6) is 11.5 Å². The number of benzene rings is 1. The molecule has 2 rings (SSSR count). The predicted octanol–water partition coefficient (Wildman–Crippen LogP) is 3.47. The highest BCUT2D eigenvalue weighted by atomic mass is 16.5. The van der Waals surface area contributed by atoms with Gasteiger partial charge in [-0.2, -0.15) is 0 Å². The Morgan fingerprint density at radius 3 is 2.17 bits per heavy atom. The van der Waals surface area contributed by atoms with E-state index in [-0.39, 0.29) is 5.60 Å². The van der Waals surface area contributed by atoms with Crippen LogP contribution in [0.4, 0.5) is 5.69 Å². The minimum atomic E-state index is -0.193. The minimum absolute atomic E-state index is 0.193. The molecule has 0 spiro atoms. The van der Waals surface area contributed by atoms with Gasteiger partial charge < -0.3 is 14.4 Å². The van der Waals surface area contributed by atoms with Crippen molar-refractivity contribution in [3.8, 4) is 11.5 Å². The molecule has 1 aliphatic rings. The van der Waals surface area contributed by atoms with E-state index in [1.54, 1.807) is 0 Å². The highest BCUT2D eigenvalue weighted by molar-refractivity contribution is 5.55. The zero-order chi connectivity index (χ0) is 13.3. The molecule has 100 valence electrons. The van der Waals surface area contributed by atoms with E-state index in [1.807, 2.05) is 26.2 Å². The van der Waals surface area contributed by atoms with Crippen LogP contribution in [0.25, 0.3) is 0 Å². The molecule has 0 bridgehead atoms. The fourth-order valence-electron chi connectivity index (χ4n) is 1.67. The summed E-state index contributed by atoms with van der Waals surface area (Å²) in [5.74, 6) is 1.77. The topological polar surface area (TPSA) is 21.7 Å². The van der Waals surface area contributed by atoms with Crippen LogP contribution in [0.15, 0.2) is 18.2 Å². The monoisotopic (exact) mass is 249 g/mol. The van der Waals surface area contributed by atoms with Gasteiger partial charge in [0.2, 0.25) is 0 Å². The lowest BCUT2D eigenvalue weighted by Gasteiger charge is -2.23. The first-order chi connectivity index (χ1) is 8.33. The Balaban J connectivity index is 2.23. The number of hydrogen-bond donors (Lipinski definition) is 0. The van der Waals surface area contributed by atoms with Crippen LogP contribution in [0.3, 0.4) is 0 Å². The van der Waals surface area contributed by atoms with E-state index < -0.39 is 0 Å². The fraction of sp³-hybridized carbons (Fsp3) is 0.600. The fourth-order valence-corrected chi connectivity index (χ4v) is 1.67. The first-order valence-corrected chi connectivity index (χ1v) is 6.51. The first-order valence-electron chi connectivity index (χ1n) is 6.51. The molecule has 18 heavy (non-hydrogen) atoms. The van der Waals surface area contributed by atoms with E-state index in [9.17, 15) is 0 Å². The molecular weight excluding hydrogens is 226 g/mol. The Bertz CT molecular complexity index is 417. The lowest BCUT2D eigenvalue weighted by atomic mass is 10.2. The second-order valence-electron chi connectivity index (χ2n) is 6.09. The molecule has 0 unspecified atom stereocenters. The predicted molar refractivity (Wildman–Crippen MR) is 74.8 cm³/mol. The number of nitrogens with zero attached hydrogens (tertiary/aromatic N) is 1. The second kappa shape index (κ2) is 4.71. The van der Waals surface area contributed by atoms with Crippen molar-refractivity contribution in [3.63, 3.8) is 0 Å². The number of anilines is 1. The summed E-state index contributed by atoms with van der Waals surface area (Å²) in [4.78, 5) is 2.06. The summed E-state index contributed by atoms with van der Waals surface area (Å²) in [6, 6.07) is 6.09. The van der Waals surface area contributed by atoms with Crippen molar-refractivity contribution in [1.29, 1.82) is 0 Å². The van der Waals surface area contributed by atoms with E-state index in [1.165, 1.54) is 12.8 Å². The molecule has 1 aromatic rings. The SMILES string of the molecule is CN(C)c1cc(OC2CC2)cc(OC(C)(C)C)c1. The lowest BCUT2D eigenvalue weighted by molar-refractivity contribution is 0.130. The Hall–Kier alpha value is -1.38. The van der Waals surface area contributed by atoms with E-state index in [0.717, 1.165) is 17.2 Å². The Morgan fingerprint density at radius 2 is 1.67 bits per heavy atom. The van der Waals surface area contributed by atoms with E-state index in [4.69, 9.17) is 9.47 Å². The van der Waals surface area contributed by atoms with E-state index >= 15 is 0 Å². The molecule has 1 aromatic carbocycles. The van der Waals surface area contributed by atoms with Gasteiger partial charge in [-0.3, -0.25) is 0 Å². The second-order valence-corrected chi connectivity index (χ2v) is 6.09. The third-order valence-corrected chi connectivity index (χ3v) is 2.63. The van der Waals surface area contributed by atoms with Gasteiger partial charge in [0.1, 0.15) is 17.1 Å². The van der Waals surface area contributed by atoms with Gasteiger partial charge in [-0.05, 0) is 33.6 Å². The number of rotatable bonds is 4.